The Hall–Kier alpha value is -2.69. The number of hydrogen-bond donors (Lipinski definition) is 2. The largest absolute Gasteiger partial charge is 0.507 e. The van der Waals surface area contributed by atoms with Crippen LogP contribution in [0.15, 0.2) is 24.3 Å². The third kappa shape index (κ3) is 9.68. The van der Waals surface area contributed by atoms with Gasteiger partial charge in [0, 0.05) is 16.8 Å². The maximum atomic E-state index is 11.0. The van der Waals surface area contributed by atoms with Gasteiger partial charge in [0.2, 0.25) is 6.41 Å². The van der Waals surface area contributed by atoms with Crippen molar-refractivity contribution >= 4 is 12.1 Å². The van der Waals surface area contributed by atoms with Crippen molar-refractivity contribution in [1.82, 2.24) is 0 Å². The highest BCUT2D eigenvalue weighted by Crippen LogP contribution is 2.45. The molecule has 1 heterocycles. The Morgan fingerprint density at radius 3 is 2.17 bits per heavy atom. The first kappa shape index (κ1) is 32.8. The Balaban J connectivity index is 1.53. The number of anilines is 1. The van der Waals surface area contributed by atoms with Crippen LogP contribution in [0.1, 0.15) is 121 Å². The van der Waals surface area contributed by atoms with Gasteiger partial charge in [-0.05, 0) is 99.6 Å². The molecular formula is C36H55NO4. The van der Waals surface area contributed by atoms with Gasteiger partial charge in [-0.3, -0.25) is 4.79 Å². The Labute approximate surface area is 249 Å². The number of ether oxygens (including phenoxy) is 2. The van der Waals surface area contributed by atoms with Gasteiger partial charge in [0.25, 0.3) is 0 Å². The number of phenols is 1. The summed E-state index contributed by atoms with van der Waals surface area (Å²) in [6.45, 7) is 16.0. The Morgan fingerprint density at radius 2 is 1.56 bits per heavy atom. The Kier molecular flexibility index (Phi) is 12.4. The number of nitrogens with one attached hydrogen (secondary N) is 1. The molecule has 0 radical (unpaired) electrons. The second kappa shape index (κ2) is 15.5. The lowest BCUT2D eigenvalue weighted by atomic mass is 9.83. The van der Waals surface area contributed by atoms with E-state index in [9.17, 15) is 9.90 Å². The second-order valence-electron chi connectivity index (χ2n) is 13.4. The van der Waals surface area contributed by atoms with Crippen LogP contribution in [0.25, 0.3) is 0 Å². The van der Waals surface area contributed by atoms with Gasteiger partial charge < -0.3 is 19.9 Å². The summed E-state index contributed by atoms with van der Waals surface area (Å²) in [6, 6.07) is 7.23. The van der Waals surface area contributed by atoms with Crippen LogP contribution < -0.4 is 14.8 Å². The fraction of sp³-hybridized carbons (Fsp3) is 0.639. The smallest absolute Gasteiger partial charge is 0.211 e. The molecule has 0 bridgehead atoms. The summed E-state index contributed by atoms with van der Waals surface area (Å²) in [5.74, 6) is 4.34. The van der Waals surface area contributed by atoms with Crippen molar-refractivity contribution in [3.8, 4) is 17.2 Å². The van der Waals surface area contributed by atoms with Gasteiger partial charge in [0.1, 0.15) is 29.5 Å². The van der Waals surface area contributed by atoms with Gasteiger partial charge in [0.05, 0.1) is 0 Å². The normalized spacial score (nSPS) is 18.0. The third-order valence-electron chi connectivity index (χ3n) is 9.17. The molecule has 0 aromatic heterocycles. The molecule has 0 saturated carbocycles. The molecule has 0 aliphatic carbocycles. The van der Waals surface area contributed by atoms with E-state index in [1.165, 1.54) is 51.4 Å². The summed E-state index contributed by atoms with van der Waals surface area (Å²) in [7, 11) is 0. The molecule has 1 aliphatic heterocycles. The van der Waals surface area contributed by atoms with Crippen molar-refractivity contribution < 1.29 is 19.4 Å². The average molecular weight is 566 g/mol. The highest BCUT2D eigenvalue weighted by Gasteiger charge is 2.35. The van der Waals surface area contributed by atoms with E-state index in [2.05, 4.69) is 46.9 Å². The number of carbonyl (C=O) groups is 1. The lowest BCUT2D eigenvalue weighted by Gasteiger charge is -2.38. The summed E-state index contributed by atoms with van der Waals surface area (Å²) in [6.07, 6.45) is 14.1. The highest BCUT2D eigenvalue weighted by molar-refractivity contribution is 5.71. The molecule has 0 unspecified atom stereocenters. The fourth-order valence-corrected chi connectivity index (χ4v) is 6.17. The van der Waals surface area contributed by atoms with Gasteiger partial charge in [-0.15, -0.1) is 0 Å². The van der Waals surface area contributed by atoms with E-state index < -0.39 is 0 Å². The molecule has 0 fully saturated rings. The quantitative estimate of drug-likeness (QED) is 0.187. The van der Waals surface area contributed by atoms with E-state index in [0.29, 0.717) is 23.6 Å². The van der Waals surface area contributed by atoms with Gasteiger partial charge in [-0.2, -0.15) is 0 Å². The van der Waals surface area contributed by atoms with E-state index in [1.54, 1.807) is 12.1 Å². The number of aromatic hydroxyl groups is 1. The first-order chi connectivity index (χ1) is 19.5. The monoisotopic (exact) mass is 565 g/mol. The van der Waals surface area contributed by atoms with E-state index in [1.807, 2.05) is 19.1 Å². The molecule has 5 heteroatoms. The lowest BCUT2D eigenvalue weighted by molar-refractivity contribution is -0.105. The van der Waals surface area contributed by atoms with Gasteiger partial charge >= 0.3 is 0 Å². The van der Waals surface area contributed by atoms with Crippen molar-refractivity contribution in [2.45, 2.75) is 131 Å². The molecule has 0 spiro atoms. The molecule has 2 aromatic rings. The lowest BCUT2D eigenvalue weighted by Crippen LogP contribution is -2.37. The molecule has 1 amide bonds. The van der Waals surface area contributed by atoms with Crippen molar-refractivity contribution in [2.24, 2.45) is 17.8 Å². The summed E-state index contributed by atoms with van der Waals surface area (Å²) in [4.78, 5) is 10.7. The van der Waals surface area contributed by atoms with Crippen molar-refractivity contribution in [1.29, 1.82) is 0 Å². The Bertz CT molecular complexity index is 1110. The predicted octanol–water partition coefficient (Wildman–Crippen LogP) is 9.68. The minimum Gasteiger partial charge on any atom is -0.507 e. The van der Waals surface area contributed by atoms with Crippen LogP contribution in [0.5, 0.6) is 17.2 Å². The van der Waals surface area contributed by atoms with Crippen LogP contribution in [0.3, 0.4) is 0 Å². The molecule has 2 aromatic carbocycles. The number of amides is 1. The van der Waals surface area contributed by atoms with Crippen LogP contribution in [0.4, 0.5) is 5.69 Å². The number of rotatable bonds is 17. The van der Waals surface area contributed by atoms with E-state index in [4.69, 9.17) is 9.47 Å². The first-order valence-electron chi connectivity index (χ1n) is 16.0. The standard InChI is InChI=1S/C36H55NO4/c1-25(2)11-8-12-26(3)13-9-14-27(4)15-10-21-36(7)22-20-32-33(34(39)28(5)29(6)35(32)41-36)23-40-31-18-16-30(17-19-31)37-24-38/h16-19,24-27,39H,8-15,20-23H2,1-7H3,(H,37,38)/t26-,27-,36-/m1/s1. The molecule has 3 atom stereocenters. The zero-order valence-electron chi connectivity index (χ0n) is 26.8. The molecule has 41 heavy (non-hydrogen) atoms. The van der Waals surface area contributed by atoms with E-state index >= 15 is 0 Å². The number of carbonyl (C=O) groups excluding carboxylic acids is 1. The zero-order chi connectivity index (χ0) is 30.0. The number of benzene rings is 2. The number of hydrogen-bond acceptors (Lipinski definition) is 4. The molecule has 3 rings (SSSR count). The fourth-order valence-electron chi connectivity index (χ4n) is 6.17. The van der Waals surface area contributed by atoms with Crippen molar-refractivity contribution in [2.75, 3.05) is 5.32 Å². The maximum Gasteiger partial charge on any atom is 0.211 e. The first-order valence-corrected chi connectivity index (χ1v) is 16.0. The predicted molar refractivity (Wildman–Crippen MR) is 170 cm³/mol. The minimum atomic E-state index is -0.189. The van der Waals surface area contributed by atoms with Crippen LogP contribution >= 0.6 is 0 Å². The summed E-state index contributed by atoms with van der Waals surface area (Å²) in [5.41, 5.74) is 4.27. The number of phenolic OH excluding ortho intramolecular Hbond substituents is 1. The number of fused-ring (bicyclic) bond motifs is 1. The van der Waals surface area contributed by atoms with Crippen LogP contribution in [0, 0.1) is 31.6 Å². The minimum absolute atomic E-state index is 0.189. The Morgan fingerprint density at radius 1 is 0.951 bits per heavy atom. The summed E-state index contributed by atoms with van der Waals surface area (Å²) >= 11 is 0. The molecule has 228 valence electrons. The summed E-state index contributed by atoms with van der Waals surface area (Å²) < 4.78 is 12.8. The molecule has 1 aliphatic rings. The second-order valence-corrected chi connectivity index (χ2v) is 13.4. The van der Waals surface area contributed by atoms with Crippen molar-refractivity contribution in [3.63, 3.8) is 0 Å². The molecule has 5 nitrogen and oxygen atoms in total. The van der Waals surface area contributed by atoms with Gasteiger partial charge in [0.15, 0.2) is 0 Å². The van der Waals surface area contributed by atoms with Crippen molar-refractivity contribution in [3.05, 3.63) is 46.5 Å². The van der Waals surface area contributed by atoms with E-state index in [0.717, 1.165) is 65.0 Å². The van der Waals surface area contributed by atoms with Crippen LogP contribution in [-0.4, -0.2) is 17.1 Å². The highest BCUT2D eigenvalue weighted by atomic mass is 16.5. The molecular weight excluding hydrogens is 510 g/mol. The third-order valence-corrected chi connectivity index (χ3v) is 9.17. The van der Waals surface area contributed by atoms with Gasteiger partial charge in [-0.25, -0.2) is 0 Å². The summed E-state index contributed by atoms with van der Waals surface area (Å²) in [5, 5.41) is 13.7. The topological polar surface area (TPSA) is 67.8 Å². The molecule has 0 saturated heterocycles. The SMILES string of the molecule is Cc1c(C)c2c(c(COc3ccc(NC=O)cc3)c1O)CC[C@@](C)(CCC[C@H](C)CCC[C@H](C)CCCC(C)C)O2. The molecule has 2 N–H and O–H groups in total. The van der Waals surface area contributed by atoms with Crippen LogP contribution in [-0.2, 0) is 17.8 Å². The van der Waals surface area contributed by atoms with Gasteiger partial charge in [-0.1, -0.05) is 72.6 Å². The van der Waals surface area contributed by atoms with E-state index in [-0.39, 0.29) is 12.2 Å². The zero-order valence-corrected chi connectivity index (χ0v) is 26.8. The van der Waals surface area contributed by atoms with Crippen LogP contribution in [0.2, 0.25) is 0 Å². The maximum absolute atomic E-state index is 11.0. The average Bonchev–Trinajstić information content (AvgIpc) is 2.93.